The highest BCUT2D eigenvalue weighted by atomic mass is 16.5. The maximum absolute atomic E-state index is 5.55. The minimum Gasteiger partial charge on any atom is -0.493 e. The predicted octanol–water partition coefficient (Wildman–Crippen LogP) is 3.61. The van der Waals surface area contributed by atoms with E-state index in [0.717, 1.165) is 31.0 Å². The normalized spacial score (nSPS) is 12.7. The van der Waals surface area contributed by atoms with Gasteiger partial charge in [0.25, 0.3) is 0 Å². The van der Waals surface area contributed by atoms with Gasteiger partial charge in [-0.25, -0.2) is 0 Å². The number of nitrogens with one attached hydrogen (secondary N) is 1. The van der Waals surface area contributed by atoms with Crippen LogP contribution in [0.4, 0.5) is 11.4 Å². The molecule has 2 aromatic carbocycles. The zero-order valence-corrected chi connectivity index (χ0v) is 12.9. The number of aryl methyl sites for hydroxylation is 1. The molecule has 0 bridgehead atoms. The zero-order valence-electron chi connectivity index (χ0n) is 12.9. The molecule has 0 saturated heterocycles. The monoisotopic (exact) mass is 282 g/mol. The van der Waals surface area contributed by atoms with Crippen LogP contribution in [-0.4, -0.2) is 20.7 Å². The van der Waals surface area contributed by atoms with Crippen LogP contribution in [0, 0.1) is 6.92 Å². The van der Waals surface area contributed by atoms with Gasteiger partial charge in [-0.2, -0.15) is 0 Å². The summed E-state index contributed by atoms with van der Waals surface area (Å²) in [5, 5.41) is 3.51. The van der Waals surface area contributed by atoms with Crippen LogP contribution < -0.4 is 15.0 Å². The van der Waals surface area contributed by atoms with Crippen molar-refractivity contribution in [2.24, 2.45) is 0 Å². The van der Waals surface area contributed by atoms with Crippen LogP contribution in [0.3, 0.4) is 0 Å². The Morgan fingerprint density at radius 1 is 1.14 bits per heavy atom. The van der Waals surface area contributed by atoms with Gasteiger partial charge >= 0.3 is 0 Å². The van der Waals surface area contributed by atoms with Crippen molar-refractivity contribution in [1.29, 1.82) is 0 Å². The fourth-order valence-electron chi connectivity index (χ4n) is 2.76. The van der Waals surface area contributed by atoms with Gasteiger partial charge < -0.3 is 15.0 Å². The van der Waals surface area contributed by atoms with E-state index < -0.39 is 0 Å². The maximum Gasteiger partial charge on any atom is 0.122 e. The van der Waals surface area contributed by atoms with Crippen molar-refractivity contribution < 1.29 is 4.74 Å². The van der Waals surface area contributed by atoms with Gasteiger partial charge in [0.2, 0.25) is 0 Å². The van der Waals surface area contributed by atoms with Crippen LogP contribution in [-0.2, 0) is 13.0 Å². The van der Waals surface area contributed by atoms with Gasteiger partial charge in [-0.3, -0.25) is 0 Å². The highest BCUT2D eigenvalue weighted by molar-refractivity contribution is 5.62. The first-order valence-corrected chi connectivity index (χ1v) is 7.40. The Hall–Kier alpha value is -2.16. The highest BCUT2D eigenvalue weighted by Crippen LogP contribution is 2.27. The van der Waals surface area contributed by atoms with Crippen molar-refractivity contribution in [2.45, 2.75) is 19.9 Å². The largest absolute Gasteiger partial charge is 0.493 e. The average Bonchev–Trinajstić information content (AvgIpc) is 2.93. The second-order valence-corrected chi connectivity index (χ2v) is 5.79. The van der Waals surface area contributed by atoms with E-state index in [1.54, 1.807) is 0 Å². The molecule has 0 aromatic heterocycles. The molecule has 1 N–H and O–H groups in total. The molecule has 3 heteroatoms. The molecule has 2 aromatic rings. The zero-order chi connectivity index (χ0) is 14.8. The van der Waals surface area contributed by atoms with E-state index >= 15 is 0 Å². The second kappa shape index (κ2) is 5.68. The molecule has 21 heavy (non-hydrogen) atoms. The molecule has 1 heterocycles. The first-order valence-electron chi connectivity index (χ1n) is 7.40. The van der Waals surface area contributed by atoms with Gasteiger partial charge in [-0.05, 0) is 41.8 Å². The van der Waals surface area contributed by atoms with E-state index in [1.807, 2.05) is 0 Å². The third kappa shape index (κ3) is 2.97. The molecule has 0 aliphatic carbocycles. The smallest absolute Gasteiger partial charge is 0.122 e. The van der Waals surface area contributed by atoms with Gasteiger partial charge in [0, 0.05) is 38.4 Å². The second-order valence-electron chi connectivity index (χ2n) is 5.79. The number of rotatable bonds is 4. The van der Waals surface area contributed by atoms with Crippen molar-refractivity contribution in [1.82, 2.24) is 0 Å². The molecule has 3 rings (SSSR count). The summed E-state index contributed by atoms with van der Waals surface area (Å²) < 4.78 is 5.55. The highest BCUT2D eigenvalue weighted by Gasteiger charge is 2.11. The Kier molecular flexibility index (Phi) is 3.74. The Balaban J connectivity index is 1.71. The van der Waals surface area contributed by atoms with Crippen molar-refractivity contribution in [3.05, 3.63) is 53.1 Å². The first kappa shape index (κ1) is 13.8. The van der Waals surface area contributed by atoms with Gasteiger partial charge in [0.1, 0.15) is 5.75 Å². The molecular formula is C18H22N2O. The maximum atomic E-state index is 5.55. The van der Waals surface area contributed by atoms with E-state index in [-0.39, 0.29) is 0 Å². The third-order valence-corrected chi connectivity index (χ3v) is 3.94. The number of nitrogens with zero attached hydrogens (tertiary/aromatic N) is 1. The fourth-order valence-corrected chi connectivity index (χ4v) is 2.76. The van der Waals surface area contributed by atoms with Gasteiger partial charge in [0.05, 0.1) is 6.61 Å². The molecule has 0 spiro atoms. The first-order chi connectivity index (χ1) is 10.1. The van der Waals surface area contributed by atoms with E-state index in [0.29, 0.717) is 0 Å². The minimum absolute atomic E-state index is 0.816. The molecule has 0 atom stereocenters. The summed E-state index contributed by atoms with van der Waals surface area (Å²) in [6.45, 7) is 3.79. The Labute approximate surface area is 126 Å². The summed E-state index contributed by atoms with van der Waals surface area (Å²) in [7, 11) is 4.15. The number of ether oxygens (including phenoxy) is 1. The molecular weight excluding hydrogens is 260 g/mol. The van der Waals surface area contributed by atoms with E-state index in [2.05, 4.69) is 67.6 Å². The minimum atomic E-state index is 0.816. The molecule has 0 radical (unpaired) electrons. The molecule has 1 aliphatic rings. The molecule has 0 unspecified atom stereocenters. The number of fused-ring (bicyclic) bond motifs is 1. The molecule has 1 aliphatic heterocycles. The summed E-state index contributed by atoms with van der Waals surface area (Å²) in [6, 6.07) is 13.0. The lowest BCUT2D eigenvalue weighted by atomic mass is 10.1. The Bertz CT molecular complexity index is 650. The molecule has 0 amide bonds. The van der Waals surface area contributed by atoms with Crippen LogP contribution >= 0.6 is 0 Å². The quantitative estimate of drug-likeness (QED) is 0.927. The molecule has 110 valence electrons. The van der Waals surface area contributed by atoms with Crippen LogP contribution in [0.15, 0.2) is 36.4 Å². The number of anilines is 2. The third-order valence-electron chi connectivity index (χ3n) is 3.94. The molecule has 0 fully saturated rings. The average molecular weight is 282 g/mol. The lowest BCUT2D eigenvalue weighted by Crippen LogP contribution is -2.11. The van der Waals surface area contributed by atoms with Crippen LogP contribution in [0.2, 0.25) is 0 Å². The van der Waals surface area contributed by atoms with Crippen LogP contribution in [0.1, 0.15) is 16.7 Å². The summed E-state index contributed by atoms with van der Waals surface area (Å²) >= 11 is 0. The van der Waals surface area contributed by atoms with Crippen molar-refractivity contribution in [3.8, 4) is 5.75 Å². The summed E-state index contributed by atoms with van der Waals surface area (Å²) in [4.78, 5) is 2.15. The standard InChI is InChI=1S/C18H22N2O/c1-13-4-6-16(11-17(13)20(2)3)19-12-14-5-7-18-15(10-14)8-9-21-18/h4-7,10-11,19H,8-9,12H2,1-3H3. The fraction of sp³-hybridized carbons (Fsp3) is 0.333. The molecule has 0 saturated carbocycles. The number of hydrogen-bond acceptors (Lipinski definition) is 3. The van der Waals surface area contributed by atoms with E-state index in [9.17, 15) is 0 Å². The van der Waals surface area contributed by atoms with E-state index in [4.69, 9.17) is 4.74 Å². The lowest BCUT2D eigenvalue weighted by Gasteiger charge is -2.17. The van der Waals surface area contributed by atoms with Crippen LogP contribution in [0.25, 0.3) is 0 Å². The topological polar surface area (TPSA) is 24.5 Å². The summed E-state index contributed by atoms with van der Waals surface area (Å²) in [6.07, 6.45) is 1.03. The summed E-state index contributed by atoms with van der Waals surface area (Å²) in [5.41, 5.74) is 6.32. The Morgan fingerprint density at radius 2 is 2.00 bits per heavy atom. The Morgan fingerprint density at radius 3 is 2.81 bits per heavy atom. The number of hydrogen-bond donors (Lipinski definition) is 1. The van der Waals surface area contributed by atoms with E-state index in [1.165, 1.54) is 22.4 Å². The van der Waals surface area contributed by atoms with Gasteiger partial charge in [-0.15, -0.1) is 0 Å². The van der Waals surface area contributed by atoms with Gasteiger partial charge in [-0.1, -0.05) is 18.2 Å². The van der Waals surface area contributed by atoms with Crippen molar-refractivity contribution in [3.63, 3.8) is 0 Å². The van der Waals surface area contributed by atoms with Crippen molar-refractivity contribution in [2.75, 3.05) is 30.9 Å². The SMILES string of the molecule is Cc1ccc(NCc2ccc3c(c2)CCO3)cc1N(C)C. The van der Waals surface area contributed by atoms with Gasteiger partial charge in [0.15, 0.2) is 0 Å². The van der Waals surface area contributed by atoms with Crippen LogP contribution in [0.5, 0.6) is 5.75 Å². The lowest BCUT2D eigenvalue weighted by molar-refractivity contribution is 0.357. The number of benzene rings is 2. The molecule has 3 nitrogen and oxygen atoms in total. The summed E-state index contributed by atoms with van der Waals surface area (Å²) in [5.74, 6) is 1.05. The van der Waals surface area contributed by atoms with Crippen molar-refractivity contribution >= 4 is 11.4 Å². The predicted molar refractivity (Wildman–Crippen MR) is 88.5 cm³/mol.